The van der Waals surface area contributed by atoms with Crippen molar-refractivity contribution in [1.29, 1.82) is 0 Å². The van der Waals surface area contributed by atoms with Gasteiger partial charge in [0.15, 0.2) is 0 Å². The lowest BCUT2D eigenvalue weighted by Gasteiger charge is -2.10. The van der Waals surface area contributed by atoms with E-state index in [2.05, 4.69) is 4.98 Å². The summed E-state index contributed by atoms with van der Waals surface area (Å²) in [6.45, 7) is 0. The molecule has 3 rings (SSSR count). The van der Waals surface area contributed by atoms with E-state index in [-0.39, 0.29) is 0 Å². The van der Waals surface area contributed by atoms with Gasteiger partial charge < -0.3 is 5.11 Å². The fourth-order valence-electron chi connectivity index (χ4n) is 2.45. The quantitative estimate of drug-likeness (QED) is 0.772. The first-order chi connectivity index (χ1) is 10.3. The van der Waals surface area contributed by atoms with E-state index in [0.29, 0.717) is 5.75 Å². The molecule has 0 aliphatic carbocycles. The lowest BCUT2D eigenvalue weighted by Crippen LogP contribution is -1.95. The molecular formula is C19H17NO. The zero-order chi connectivity index (χ0) is 14.5. The van der Waals surface area contributed by atoms with Crippen molar-refractivity contribution in [1.82, 2.24) is 4.98 Å². The maximum absolute atomic E-state index is 10.5. The third-order valence-electron chi connectivity index (χ3n) is 3.58. The van der Waals surface area contributed by atoms with Crippen molar-refractivity contribution in [3.8, 4) is 16.9 Å². The number of nitrogens with zero attached hydrogens (tertiary/aromatic N) is 1. The second-order valence-corrected chi connectivity index (χ2v) is 5.00. The Morgan fingerprint density at radius 3 is 2.33 bits per heavy atom. The third-order valence-corrected chi connectivity index (χ3v) is 3.58. The summed E-state index contributed by atoms with van der Waals surface area (Å²) in [6.07, 6.45) is 3.41. The van der Waals surface area contributed by atoms with Crippen molar-refractivity contribution in [3.63, 3.8) is 0 Å². The van der Waals surface area contributed by atoms with E-state index >= 15 is 0 Å². The molecule has 2 aromatic carbocycles. The summed E-state index contributed by atoms with van der Waals surface area (Å²) in [5.74, 6) is 0.375. The van der Waals surface area contributed by atoms with Crippen LogP contribution in [0.25, 0.3) is 11.1 Å². The van der Waals surface area contributed by atoms with E-state index < -0.39 is 0 Å². The van der Waals surface area contributed by atoms with Crippen LogP contribution >= 0.6 is 0 Å². The Morgan fingerprint density at radius 2 is 1.57 bits per heavy atom. The zero-order valence-electron chi connectivity index (χ0n) is 11.7. The van der Waals surface area contributed by atoms with E-state index in [1.165, 1.54) is 0 Å². The van der Waals surface area contributed by atoms with Crippen molar-refractivity contribution in [2.75, 3.05) is 0 Å². The summed E-state index contributed by atoms with van der Waals surface area (Å²) in [7, 11) is 0. The van der Waals surface area contributed by atoms with Crippen LogP contribution in [0.3, 0.4) is 0 Å². The van der Waals surface area contributed by atoms with Crippen molar-refractivity contribution >= 4 is 0 Å². The predicted octanol–water partition coefficient (Wildman–Crippen LogP) is 4.24. The van der Waals surface area contributed by atoms with Gasteiger partial charge in [-0.25, -0.2) is 0 Å². The Balaban J connectivity index is 1.84. The minimum atomic E-state index is 0.375. The van der Waals surface area contributed by atoms with Gasteiger partial charge in [0.25, 0.3) is 0 Å². The highest BCUT2D eigenvalue weighted by Gasteiger charge is 2.08. The summed E-state index contributed by atoms with van der Waals surface area (Å²) in [4.78, 5) is 4.32. The highest BCUT2D eigenvalue weighted by Crippen LogP contribution is 2.32. The molecule has 0 unspecified atom stereocenters. The van der Waals surface area contributed by atoms with Crippen LogP contribution in [-0.4, -0.2) is 10.1 Å². The van der Waals surface area contributed by atoms with Crippen LogP contribution in [0, 0.1) is 0 Å². The number of rotatable bonds is 4. The largest absolute Gasteiger partial charge is 0.507 e. The number of phenolic OH excluding ortho intramolecular Hbond substituents is 1. The van der Waals surface area contributed by atoms with Gasteiger partial charge in [-0.05, 0) is 36.1 Å². The van der Waals surface area contributed by atoms with Gasteiger partial charge in [0.1, 0.15) is 5.75 Å². The van der Waals surface area contributed by atoms with Crippen LogP contribution in [-0.2, 0) is 12.8 Å². The molecule has 2 nitrogen and oxygen atoms in total. The Kier molecular flexibility index (Phi) is 3.97. The average molecular weight is 275 g/mol. The normalized spacial score (nSPS) is 10.5. The highest BCUT2D eigenvalue weighted by atomic mass is 16.3. The molecule has 3 aromatic rings. The molecule has 1 N–H and O–H groups in total. The molecule has 2 heteroatoms. The minimum absolute atomic E-state index is 0.375. The second-order valence-electron chi connectivity index (χ2n) is 5.00. The molecular weight excluding hydrogens is 258 g/mol. The maximum atomic E-state index is 10.5. The number of aromatic hydroxyl groups is 1. The van der Waals surface area contributed by atoms with Gasteiger partial charge in [-0.3, -0.25) is 4.98 Å². The SMILES string of the molecule is Oc1c(CCc2ccccn2)cccc1-c1ccccc1. The fourth-order valence-corrected chi connectivity index (χ4v) is 2.45. The average Bonchev–Trinajstić information content (AvgIpc) is 2.56. The number of phenols is 1. The summed E-state index contributed by atoms with van der Waals surface area (Å²) >= 11 is 0. The predicted molar refractivity (Wildman–Crippen MR) is 85.2 cm³/mol. The maximum Gasteiger partial charge on any atom is 0.126 e. The number of para-hydroxylation sites is 1. The topological polar surface area (TPSA) is 33.1 Å². The molecule has 0 aliphatic rings. The lowest BCUT2D eigenvalue weighted by atomic mass is 9.98. The van der Waals surface area contributed by atoms with Crippen molar-refractivity contribution in [2.24, 2.45) is 0 Å². The van der Waals surface area contributed by atoms with Gasteiger partial charge in [-0.1, -0.05) is 54.6 Å². The Hall–Kier alpha value is -2.61. The molecule has 0 amide bonds. The van der Waals surface area contributed by atoms with Crippen LogP contribution in [0.1, 0.15) is 11.3 Å². The van der Waals surface area contributed by atoms with Crippen LogP contribution < -0.4 is 0 Å². The first kappa shape index (κ1) is 13.4. The van der Waals surface area contributed by atoms with Crippen LogP contribution in [0.5, 0.6) is 5.75 Å². The number of pyridine rings is 1. The van der Waals surface area contributed by atoms with Crippen molar-refractivity contribution in [3.05, 3.63) is 84.2 Å². The minimum Gasteiger partial charge on any atom is -0.507 e. The van der Waals surface area contributed by atoms with Crippen molar-refractivity contribution < 1.29 is 5.11 Å². The third kappa shape index (κ3) is 3.11. The first-order valence-electron chi connectivity index (χ1n) is 7.11. The number of benzene rings is 2. The van der Waals surface area contributed by atoms with Crippen molar-refractivity contribution in [2.45, 2.75) is 12.8 Å². The summed E-state index contributed by atoms with van der Waals surface area (Å²) < 4.78 is 0. The Bertz CT molecular complexity index is 708. The molecule has 0 atom stereocenters. The van der Waals surface area contributed by atoms with Crippen LogP contribution in [0.15, 0.2) is 72.9 Å². The number of hydrogen-bond acceptors (Lipinski definition) is 2. The smallest absolute Gasteiger partial charge is 0.126 e. The molecule has 1 heterocycles. The number of hydrogen-bond donors (Lipinski definition) is 1. The lowest BCUT2D eigenvalue weighted by molar-refractivity contribution is 0.470. The molecule has 1 aromatic heterocycles. The standard InChI is InChI=1S/C19H17NO/c21-19-16(12-13-17-10-4-5-14-20-17)9-6-11-18(19)15-7-2-1-3-8-15/h1-11,14,21H,12-13H2. The molecule has 0 aliphatic heterocycles. The van der Waals surface area contributed by atoms with Crippen LogP contribution in [0.4, 0.5) is 0 Å². The first-order valence-corrected chi connectivity index (χ1v) is 7.11. The second kappa shape index (κ2) is 6.23. The van der Waals surface area contributed by atoms with E-state index in [1.54, 1.807) is 6.20 Å². The van der Waals surface area contributed by atoms with E-state index in [0.717, 1.165) is 35.2 Å². The highest BCUT2D eigenvalue weighted by molar-refractivity contribution is 5.71. The van der Waals surface area contributed by atoms with Gasteiger partial charge in [0.05, 0.1) is 0 Å². The number of aryl methyl sites for hydroxylation is 2. The van der Waals surface area contributed by atoms with Gasteiger partial charge in [0, 0.05) is 17.5 Å². The molecule has 0 spiro atoms. The molecule has 0 saturated heterocycles. The zero-order valence-corrected chi connectivity index (χ0v) is 11.7. The Morgan fingerprint density at radius 1 is 0.762 bits per heavy atom. The van der Waals surface area contributed by atoms with E-state index in [4.69, 9.17) is 0 Å². The molecule has 0 fully saturated rings. The Labute approximate surface area is 124 Å². The van der Waals surface area contributed by atoms with Gasteiger partial charge >= 0.3 is 0 Å². The molecule has 0 radical (unpaired) electrons. The monoisotopic (exact) mass is 275 g/mol. The summed E-state index contributed by atoms with van der Waals surface area (Å²) in [6, 6.07) is 21.8. The van der Waals surface area contributed by atoms with E-state index in [9.17, 15) is 5.11 Å². The fraction of sp³-hybridized carbons (Fsp3) is 0.105. The molecule has 104 valence electrons. The molecule has 0 saturated carbocycles. The van der Waals surface area contributed by atoms with Gasteiger partial charge in [0.2, 0.25) is 0 Å². The molecule has 0 bridgehead atoms. The summed E-state index contributed by atoms with van der Waals surface area (Å²) in [5.41, 5.74) is 3.92. The van der Waals surface area contributed by atoms with Crippen LogP contribution in [0.2, 0.25) is 0 Å². The summed E-state index contributed by atoms with van der Waals surface area (Å²) in [5, 5.41) is 10.5. The van der Waals surface area contributed by atoms with Gasteiger partial charge in [-0.15, -0.1) is 0 Å². The van der Waals surface area contributed by atoms with Gasteiger partial charge in [-0.2, -0.15) is 0 Å². The van der Waals surface area contributed by atoms with E-state index in [1.807, 2.05) is 66.7 Å². The number of aromatic nitrogens is 1. The molecule has 21 heavy (non-hydrogen) atoms.